The van der Waals surface area contributed by atoms with Crippen molar-refractivity contribution < 1.29 is 14.6 Å². The van der Waals surface area contributed by atoms with Crippen LogP contribution in [0.4, 0.5) is 0 Å². The monoisotopic (exact) mass is 238 g/mol. The van der Waals surface area contributed by atoms with Gasteiger partial charge in [-0.1, -0.05) is 0 Å². The maximum absolute atomic E-state index is 10.8. The van der Waals surface area contributed by atoms with Gasteiger partial charge < -0.3 is 9.84 Å². The first kappa shape index (κ1) is 12.0. The van der Waals surface area contributed by atoms with Gasteiger partial charge in [-0.05, 0) is 31.6 Å². The molecule has 1 saturated carbocycles. The highest BCUT2D eigenvalue weighted by Gasteiger charge is 2.26. The number of carboxylic acid groups (broad SMARTS) is 1. The van der Waals surface area contributed by atoms with Crippen LogP contribution >= 0.6 is 0 Å². The van der Waals surface area contributed by atoms with Gasteiger partial charge in [-0.25, -0.2) is 0 Å². The molecule has 17 heavy (non-hydrogen) atoms. The number of rotatable bonds is 4. The van der Waals surface area contributed by atoms with Crippen LogP contribution in [0.2, 0.25) is 0 Å². The lowest BCUT2D eigenvalue weighted by atomic mass is 9.82. The van der Waals surface area contributed by atoms with Crippen LogP contribution in [-0.2, 0) is 11.3 Å². The highest BCUT2D eigenvalue weighted by atomic mass is 16.5. The SMILES string of the molecule is COc1cnn(CC2CCC(C(=O)O)CC2)c1. The lowest BCUT2D eigenvalue weighted by Crippen LogP contribution is -2.23. The Balaban J connectivity index is 1.83. The second-order valence-electron chi connectivity index (χ2n) is 4.66. The summed E-state index contributed by atoms with van der Waals surface area (Å²) in [5.74, 6) is 0.516. The molecule has 2 rings (SSSR count). The van der Waals surface area contributed by atoms with Gasteiger partial charge in [0.15, 0.2) is 5.75 Å². The van der Waals surface area contributed by atoms with Crippen LogP contribution in [0.5, 0.6) is 5.75 Å². The van der Waals surface area contributed by atoms with Crippen molar-refractivity contribution in [2.24, 2.45) is 11.8 Å². The molecule has 5 nitrogen and oxygen atoms in total. The molecule has 1 fully saturated rings. The number of hydrogen-bond acceptors (Lipinski definition) is 3. The number of carboxylic acids is 1. The van der Waals surface area contributed by atoms with Gasteiger partial charge in [-0.15, -0.1) is 0 Å². The van der Waals surface area contributed by atoms with Gasteiger partial charge >= 0.3 is 5.97 Å². The van der Waals surface area contributed by atoms with E-state index in [4.69, 9.17) is 9.84 Å². The van der Waals surface area contributed by atoms with E-state index in [0.717, 1.165) is 38.0 Å². The normalized spacial score (nSPS) is 24.5. The Morgan fingerprint density at radius 2 is 2.24 bits per heavy atom. The fourth-order valence-corrected chi connectivity index (χ4v) is 2.41. The van der Waals surface area contributed by atoms with E-state index in [1.807, 2.05) is 10.9 Å². The van der Waals surface area contributed by atoms with E-state index in [1.165, 1.54) is 0 Å². The molecule has 0 amide bonds. The molecule has 0 saturated heterocycles. The second-order valence-corrected chi connectivity index (χ2v) is 4.66. The molecule has 0 aromatic carbocycles. The zero-order chi connectivity index (χ0) is 12.3. The van der Waals surface area contributed by atoms with Crippen molar-refractivity contribution in [2.45, 2.75) is 32.2 Å². The maximum atomic E-state index is 10.8. The van der Waals surface area contributed by atoms with E-state index < -0.39 is 5.97 Å². The van der Waals surface area contributed by atoms with Gasteiger partial charge in [-0.3, -0.25) is 9.48 Å². The molecule has 1 aliphatic rings. The largest absolute Gasteiger partial charge is 0.493 e. The van der Waals surface area contributed by atoms with E-state index in [1.54, 1.807) is 13.3 Å². The molecule has 1 aromatic heterocycles. The average Bonchev–Trinajstić information content (AvgIpc) is 2.77. The van der Waals surface area contributed by atoms with E-state index >= 15 is 0 Å². The number of ether oxygens (including phenoxy) is 1. The first-order chi connectivity index (χ1) is 8.19. The third-order valence-electron chi connectivity index (χ3n) is 3.49. The predicted molar refractivity (Wildman–Crippen MR) is 61.9 cm³/mol. The van der Waals surface area contributed by atoms with E-state index in [-0.39, 0.29) is 5.92 Å². The highest BCUT2D eigenvalue weighted by molar-refractivity contribution is 5.69. The van der Waals surface area contributed by atoms with Crippen LogP contribution in [0, 0.1) is 11.8 Å². The van der Waals surface area contributed by atoms with Crippen molar-refractivity contribution in [3.8, 4) is 5.75 Å². The molecule has 0 unspecified atom stereocenters. The standard InChI is InChI=1S/C12H18N2O3/c1-17-11-6-13-14(8-11)7-9-2-4-10(5-3-9)12(15)16/h6,8-10H,2-5,7H2,1H3,(H,15,16). The van der Waals surface area contributed by atoms with Crippen LogP contribution in [0.15, 0.2) is 12.4 Å². The predicted octanol–water partition coefficient (Wildman–Crippen LogP) is 1.78. The van der Waals surface area contributed by atoms with Gasteiger partial charge in [0, 0.05) is 6.54 Å². The summed E-state index contributed by atoms with van der Waals surface area (Å²) in [6, 6.07) is 0. The van der Waals surface area contributed by atoms with Gasteiger partial charge in [-0.2, -0.15) is 5.10 Å². The summed E-state index contributed by atoms with van der Waals surface area (Å²) >= 11 is 0. The lowest BCUT2D eigenvalue weighted by molar-refractivity contribution is -0.143. The highest BCUT2D eigenvalue weighted by Crippen LogP contribution is 2.30. The number of hydrogen-bond donors (Lipinski definition) is 1. The zero-order valence-electron chi connectivity index (χ0n) is 10.0. The van der Waals surface area contributed by atoms with E-state index in [2.05, 4.69) is 5.10 Å². The van der Waals surface area contributed by atoms with E-state index in [9.17, 15) is 4.79 Å². The fourth-order valence-electron chi connectivity index (χ4n) is 2.41. The topological polar surface area (TPSA) is 64.4 Å². The Kier molecular flexibility index (Phi) is 3.66. The van der Waals surface area contributed by atoms with E-state index in [0.29, 0.717) is 5.92 Å². The first-order valence-corrected chi connectivity index (χ1v) is 5.98. The summed E-state index contributed by atoms with van der Waals surface area (Å²) in [6.45, 7) is 0.857. The minimum atomic E-state index is -0.649. The summed E-state index contributed by atoms with van der Waals surface area (Å²) in [4.78, 5) is 10.8. The molecule has 0 atom stereocenters. The molecule has 1 aliphatic carbocycles. The zero-order valence-corrected chi connectivity index (χ0v) is 10.0. The second kappa shape index (κ2) is 5.21. The number of methoxy groups -OCH3 is 1. The molecule has 0 radical (unpaired) electrons. The van der Waals surface area contributed by atoms with Crippen LogP contribution in [-0.4, -0.2) is 28.0 Å². The van der Waals surface area contributed by atoms with Crippen molar-refractivity contribution in [3.63, 3.8) is 0 Å². The van der Waals surface area contributed by atoms with Gasteiger partial charge in [0.1, 0.15) is 0 Å². The molecule has 0 aliphatic heterocycles. The van der Waals surface area contributed by atoms with Crippen LogP contribution < -0.4 is 4.74 Å². The molecule has 0 bridgehead atoms. The molecule has 1 aromatic rings. The summed E-state index contributed by atoms with van der Waals surface area (Å²) in [5.41, 5.74) is 0. The summed E-state index contributed by atoms with van der Waals surface area (Å²) in [7, 11) is 1.62. The van der Waals surface area contributed by atoms with Crippen LogP contribution in [0.1, 0.15) is 25.7 Å². The Hall–Kier alpha value is -1.52. The Labute approximate surface area is 100 Å². The fraction of sp³-hybridized carbons (Fsp3) is 0.667. The number of carbonyl (C=O) groups is 1. The van der Waals surface area contributed by atoms with Crippen LogP contribution in [0.25, 0.3) is 0 Å². The smallest absolute Gasteiger partial charge is 0.306 e. The quantitative estimate of drug-likeness (QED) is 0.868. The molecule has 0 spiro atoms. The molecule has 94 valence electrons. The molecule has 5 heteroatoms. The number of aliphatic carboxylic acids is 1. The molecule has 1 heterocycles. The summed E-state index contributed by atoms with van der Waals surface area (Å²) < 4.78 is 6.95. The van der Waals surface area contributed by atoms with Gasteiger partial charge in [0.05, 0.1) is 25.4 Å². The van der Waals surface area contributed by atoms with Crippen molar-refractivity contribution in [3.05, 3.63) is 12.4 Å². The van der Waals surface area contributed by atoms with Crippen molar-refractivity contribution in [1.82, 2.24) is 9.78 Å². The minimum Gasteiger partial charge on any atom is -0.493 e. The Morgan fingerprint density at radius 1 is 1.53 bits per heavy atom. The molecule has 1 N–H and O–H groups in total. The van der Waals surface area contributed by atoms with Crippen molar-refractivity contribution >= 4 is 5.97 Å². The first-order valence-electron chi connectivity index (χ1n) is 5.98. The third-order valence-corrected chi connectivity index (χ3v) is 3.49. The Bertz CT molecular complexity index is 381. The number of aromatic nitrogens is 2. The van der Waals surface area contributed by atoms with Crippen LogP contribution in [0.3, 0.4) is 0 Å². The molecular formula is C12H18N2O3. The van der Waals surface area contributed by atoms with Crippen molar-refractivity contribution in [1.29, 1.82) is 0 Å². The summed E-state index contributed by atoms with van der Waals surface area (Å²) in [6.07, 6.45) is 7.10. The minimum absolute atomic E-state index is 0.140. The number of nitrogens with zero attached hydrogens (tertiary/aromatic N) is 2. The van der Waals surface area contributed by atoms with Crippen molar-refractivity contribution in [2.75, 3.05) is 7.11 Å². The maximum Gasteiger partial charge on any atom is 0.306 e. The van der Waals surface area contributed by atoms with Gasteiger partial charge in [0.2, 0.25) is 0 Å². The third kappa shape index (κ3) is 2.99. The summed E-state index contributed by atoms with van der Waals surface area (Å²) in [5, 5.41) is 13.1. The Morgan fingerprint density at radius 3 is 2.76 bits per heavy atom. The van der Waals surface area contributed by atoms with Gasteiger partial charge in [0.25, 0.3) is 0 Å². The lowest BCUT2D eigenvalue weighted by Gasteiger charge is -2.25. The average molecular weight is 238 g/mol. The molecular weight excluding hydrogens is 220 g/mol.